The molecule has 0 atom stereocenters. The van der Waals surface area contributed by atoms with Crippen molar-refractivity contribution in [1.29, 1.82) is 0 Å². The molecule has 0 fully saturated rings. The smallest absolute Gasteiger partial charge is 0.0955 e. The van der Waals surface area contributed by atoms with Crippen LogP contribution in [0.15, 0.2) is 30.3 Å². The summed E-state index contributed by atoms with van der Waals surface area (Å²) in [5, 5.41) is 8.00. The summed E-state index contributed by atoms with van der Waals surface area (Å²) >= 11 is 0. The number of aryl methyl sites for hydroxylation is 1. The molecule has 0 spiro atoms. The quantitative estimate of drug-likeness (QED) is 0.720. The zero-order valence-corrected chi connectivity index (χ0v) is 13.6. The molecule has 118 valence electrons. The Kier molecular flexibility index (Phi) is 5.69. The largest absolute Gasteiger partial charge is 0.282 e. The maximum absolute atomic E-state index is 4.65. The van der Waals surface area contributed by atoms with Crippen LogP contribution in [0.1, 0.15) is 69.0 Å². The fraction of sp³-hybridized carbons (Fsp3) is 0.550. The van der Waals surface area contributed by atoms with Gasteiger partial charge in [-0.2, -0.15) is 5.10 Å². The SMILES string of the molecule is c1ccc(-c2n[nH]c3c2CCCCCCCCCCC3)cc1. The van der Waals surface area contributed by atoms with E-state index in [1.807, 2.05) is 0 Å². The van der Waals surface area contributed by atoms with Crippen LogP contribution in [0.3, 0.4) is 0 Å². The maximum Gasteiger partial charge on any atom is 0.0955 e. The second kappa shape index (κ2) is 8.17. The molecule has 2 heteroatoms. The van der Waals surface area contributed by atoms with Crippen molar-refractivity contribution in [2.24, 2.45) is 0 Å². The minimum absolute atomic E-state index is 1.16. The molecule has 0 unspecified atom stereocenters. The van der Waals surface area contributed by atoms with E-state index in [0.29, 0.717) is 0 Å². The third-order valence-corrected chi connectivity index (χ3v) is 4.85. The molecule has 1 aliphatic rings. The molecular formula is C20H28N2. The van der Waals surface area contributed by atoms with Gasteiger partial charge in [-0.1, -0.05) is 75.3 Å². The van der Waals surface area contributed by atoms with Gasteiger partial charge in [0.25, 0.3) is 0 Å². The maximum atomic E-state index is 4.65. The van der Waals surface area contributed by atoms with E-state index in [4.69, 9.17) is 0 Å². The molecule has 3 rings (SSSR count). The van der Waals surface area contributed by atoms with Crippen LogP contribution in [-0.2, 0) is 12.8 Å². The number of H-pyrrole nitrogens is 1. The Morgan fingerprint density at radius 3 is 1.95 bits per heavy atom. The molecule has 1 heterocycles. The van der Waals surface area contributed by atoms with Gasteiger partial charge in [0.2, 0.25) is 0 Å². The molecule has 0 amide bonds. The second-order valence-electron chi connectivity index (χ2n) is 6.58. The van der Waals surface area contributed by atoms with Crippen molar-refractivity contribution in [2.75, 3.05) is 0 Å². The van der Waals surface area contributed by atoms with E-state index in [2.05, 4.69) is 40.5 Å². The predicted octanol–water partition coefficient (Wildman–Crippen LogP) is 5.69. The summed E-state index contributed by atoms with van der Waals surface area (Å²) in [6, 6.07) is 10.6. The van der Waals surface area contributed by atoms with Gasteiger partial charge in [-0.15, -0.1) is 0 Å². The number of nitrogens with one attached hydrogen (secondary N) is 1. The molecule has 0 radical (unpaired) electrons. The van der Waals surface area contributed by atoms with E-state index in [9.17, 15) is 0 Å². The monoisotopic (exact) mass is 296 g/mol. The number of rotatable bonds is 1. The molecule has 0 aliphatic heterocycles. The lowest BCUT2D eigenvalue weighted by Gasteiger charge is -2.06. The molecule has 2 nitrogen and oxygen atoms in total. The van der Waals surface area contributed by atoms with Gasteiger partial charge in [0.05, 0.1) is 5.69 Å². The Hall–Kier alpha value is -1.57. The number of hydrogen-bond acceptors (Lipinski definition) is 1. The van der Waals surface area contributed by atoms with Gasteiger partial charge in [0.1, 0.15) is 0 Å². The van der Waals surface area contributed by atoms with Gasteiger partial charge < -0.3 is 0 Å². The highest BCUT2D eigenvalue weighted by Gasteiger charge is 2.14. The van der Waals surface area contributed by atoms with E-state index in [-0.39, 0.29) is 0 Å². The number of hydrogen-bond donors (Lipinski definition) is 1. The van der Waals surface area contributed by atoms with E-state index >= 15 is 0 Å². The first-order chi connectivity index (χ1) is 10.9. The molecule has 1 N–H and O–H groups in total. The summed E-state index contributed by atoms with van der Waals surface area (Å²) < 4.78 is 0. The van der Waals surface area contributed by atoms with Crippen molar-refractivity contribution >= 4 is 0 Å². The standard InChI is InChI=1S/C20H28N2/c1-2-4-6-11-15-18-19(16-12-7-5-3-1)21-22-20(18)17-13-9-8-10-14-17/h8-10,13-14H,1-7,11-12,15-16H2,(H,21,22). The summed E-state index contributed by atoms with van der Waals surface area (Å²) in [6.45, 7) is 0. The zero-order valence-electron chi connectivity index (χ0n) is 13.6. The van der Waals surface area contributed by atoms with Crippen LogP contribution in [0.25, 0.3) is 11.3 Å². The van der Waals surface area contributed by atoms with E-state index in [1.54, 1.807) is 0 Å². The van der Waals surface area contributed by atoms with Crippen molar-refractivity contribution in [3.8, 4) is 11.3 Å². The summed E-state index contributed by atoms with van der Waals surface area (Å²) in [6.07, 6.45) is 14.7. The second-order valence-corrected chi connectivity index (χ2v) is 6.58. The lowest BCUT2D eigenvalue weighted by molar-refractivity contribution is 0.563. The average Bonchev–Trinajstić information content (AvgIpc) is 2.96. The average molecular weight is 296 g/mol. The molecule has 1 aliphatic carbocycles. The Morgan fingerprint density at radius 2 is 1.27 bits per heavy atom. The first-order valence-corrected chi connectivity index (χ1v) is 9.07. The predicted molar refractivity (Wildman–Crippen MR) is 93.0 cm³/mol. The highest BCUT2D eigenvalue weighted by Crippen LogP contribution is 2.27. The normalized spacial score (nSPS) is 17.8. The third-order valence-electron chi connectivity index (χ3n) is 4.85. The summed E-state index contributed by atoms with van der Waals surface area (Å²) in [7, 11) is 0. The Morgan fingerprint density at radius 1 is 0.682 bits per heavy atom. The van der Waals surface area contributed by atoms with Crippen LogP contribution in [0.4, 0.5) is 0 Å². The summed E-state index contributed by atoms with van der Waals surface area (Å²) in [5.74, 6) is 0. The van der Waals surface area contributed by atoms with Crippen molar-refractivity contribution in [3.05, 3.63) is 41.6 Å². The van der Waals surface area contributed by atoms with Crippen LogP contribution in [0.5, 0.6) is 0 Å². The summed E-state index contributed by atoms with van der Waals surface area (Å²) in [4.78, 5) is 0. The highest BCUT2D eigenvalue weighted by molar-refractivity contribution is 5.63. The van der Waals surface area contributed by atoms with Crippen molar-refractivity contribution in [3.63, 3.8) is 0 Å². The minimum Gasteiger partial charge on any atom is -0.282 e. The molecule has 0 bridgehead atoms. The van der Waals surface area contributed by atoms with Crippen LogP contribution in [0, 0.1) is 0 Å². The molecular weight excluding hydrogens is 268 g/mol. The van der Waals surface area contributed by atoms with Gasteiger partial charge in [-0.3, -0.25) is 5.10 Å². The van der Waals surface area contributed by atoms with Gasteiger partial charge in [-0.25, -0.2) is 0 Å². The van der Waals surface area contributed by atoms with Gasteiger partial charge in [-0.05, 0) is 25.7 Å². The van der Waals surface area contributed by atoms with Crippen molar-refractivity contribution in [1.82, 2.24) is 10.2 Å². The first-order valence-electron chi connectivity index (χ1n) is 9.07. The molecule has 1 aromatic carbocycles. The highest BCUT2D eigenvalue weighted by atomic mass is 15.1. The van der Waals surface area contributed by atoms with E-state index in [1.165, 1.54) is 86.7 Å². The summed E-state index contributed by atoms with van der Waals surface area (Å²) in [5.41, 5.74) is 5.30. The van der Waals surface area contributed by atoms with Crippen molar-refractivity contribution < 1.29 is 0 Å². The number of fused-ring (bicyclic) bond motifs is 1. The molecule has 0 saturated heterocycles. The Labute approximate surface area is 134 Å². The number of aromatic amines is 1. The van der Waals surface area contributed by atoms with Gasteiger partial charge in [0, 0.05) is 16.8 Å². The van der Waals surface area contributed by atoms with E-state index < -0.39 is 0 Å². The number of aromatic nitrogens is 2. The first kappa shape index (κ1) is 15.3. The number of nitrogens with zero attached hydrogens (tertiary/aromatic N) is 1. The fourth-order valence-electron chi connectivity index (χ4n) is 3.55. The minimum atomic E-state index is 1.16. The molecule has 22 heavy (non-hydrogen) atoms. The third kappa shape index (κ3) is 4.00. The molecule has 0 saturated carbocycles. The topological polar surface area (TPSA) is 28.7 Å². The fourth-order valence-corrected chi connectivity index (χ4v) is 3.55. The number of benzene rings is 1. The Balaban J connectivity index is 1.80. The lowest BCUT2D eigenvalue weighted by atomic mass is 9.98. The van der Waals surface area contributed by atoms with Gasteiger partial charge in [0.15, 0.2) is 0 Å². The van der Waals surface area contributed by atoms with Gasteiger partial charge >= 0.3 is 0 Å². The van der Waals surface area contributed by atoms with Crippen molar-refractivity contribution in [2.45, 2.75) is 70.6 Å². The lowest BCUT2D eigenvalue weighted by Crippen LogP contribution is -1.95. The molecule has 1 aromatic heterocycles. The van der Waals surface area contributed by atoms with Crippen LogP contribution >= 0.6 is 0 Å². The van der Waals surface area contributed by atoms with Crippen LogP contribution in [-0.4, -0.2) is 10.2 Å². The zero-order chi connectivity index (χ0) is 15.0. The molecule has 2 aromatic rings. The van der Waals surface area contributed by atoms with Crippen LogP contribution in [0.2, 0.25) is 0 Å². The van der Waals surface area contributed by atoms with E-state index in [0.717, 1.165) is 6.42 Å². The van der Waals surface area contributed by atoms with Crippen LogP contribution < -0.4 is 0 Å². The Bertz CT molecular complexity index is 556.